The summed E-state index contributed by atoms with van der Waals surface area (Å²) in [5.74, 6) is 0.0460. The molecule has 1 aromatic rings. The molecule has 0 saturated carbocycles. The van der Waals surface area contributed by atoms with E-state index >= 15 is 0 Å². The van der Waals surface area contributed by atoms with E-state index in [1.165, 1.54) is 10.9 Å². The van der Waals surface area contributed by atoms with Crippen LogP contribution >= 0.6 is 10.7 Å². The molecule has 1 rings (SSSR count). The van der Waals surface area contributed by atoms with Gasteiger partial charge in [0.25, 0.3) is 9.05 Å². The first-order valence-corrected chi connectivity index (χ1v) is 6.11. The summed E-state index contributed by atoms with van der Waals surface area (Å²) in [5, 5.41) is 4.03. The second-order valence-electron chi connectivity index (χ2n) is 3.14. The summed E-state index contributed by atoms with van der Waals surface area (Å²) in [4.78, 5) is 0.103. The Morgan fingerprint density at radius 2 is 2.08 bits per heavy atom. The van der Waals surface area contributed by atoms with Crippen LogP contribution in [0.25, 0.3) is 0 Å². The van der Waals surface area contributed by atoms with Gasteiger partial charge in [0, 0.05) is 23.9 Å². The summed E-state index contributed by atoms with van der Waals surface area (Å²) >= 11 is 0. The number of hydrogen-bond donors (Lipinski definition) is 0. The number of rotatable bonds is 2. The Morgan fingerprint density at radius 1 is 1.54 bits per heavy atom. The molecule has 0 aliphatic rings. The zero-order chi connectivity index (χ0) is 10.2. The maximum atomic E-state index is 11.1. The van der Waals surface area contributed by atoms with Crippen LogP contribution in [0.3, 0.4) is 0 Å². The smallest absolute Gasteiger partial charge is 0.264 e. The number of halogens is 1. The highest BCUT2D eigenvalue weighted by Crippen LogP contribution is 2.24. The zero-order valence-electron chi connectivity index (χ0n) is 7.65. The Morgan fingerprint density at radius 3 is 2.38 bits per heavy atom. The number of aromatic nitrogens is 2. The molecule has 6 heteroatoms. The van der Waals surface area contributed by atoms with Crippen molar-refractivity contribution >= 4 is 19.7 Å². The third-order valence-corrected chi connectivity index (χ3v) is 2.97. The standard InChI is InChI=1S/C7H11ClN2O2S/c1-5(2)7-6(13(8,11)12)4-10(3)9-7/h4-5H,1-3H3. The monoisotopic (exact) mass is 222 g/mol. The van der Waals surface area contributed by atoms with Crippen LogP contribution in [0.15, 0.2) is 11.1 Å². The molecule has 13 heavy (non-hydrogen) atoms. The molecule has 0 aromatic carbocycles. The van der Waals surface area contributed by atoms with Crippen molar-refractivity contribution in [2.75, 3.05) is 0 Å². The van der Waals surface area contributed by atoms with Crippen molar-refractivity contribution in [1.82, 2.24) is 9.78 Å². The minimum atomic E-state index is -3.67. The maximum Gasteiger partial charge on any atom is 0.264 e. The second kappa shape index (κ2) is 3.31. The lowest BCUT2D eigenvalue weighted by Crippen LogP contribution is -1.97. The van der Waals surface area contributed by atoms with Crippen LogP contribution in [0, 0.1) is 0 Å². The van der Waals surface area contributed by atoms with Gasteiger partial charge >= 0.3 is 0 Å². The number of hydrogen-bond acceptors (Lipinski definition) is 3. The van der Waals surface area contributed by atoms with Crippen LogP contribution in [0.5, 0.6) is 0 Å². The molecule has 0 bridgehead atoms. The largest absolute Gasteiger partial charge is 0.274 e. The van der Waals surface area contributed by atoms with Gasteiger partial charge in [-0.2, -0.15) is 5.10 Å². The summed E-state index contributed by atoms with van der Waals surface area (Å²) < 4.78 is 23.6. The van der Waals surface area contributed by atoms with Crippen molar-refractivity contribution in [3.63, 3.8) is 0 Å². The third kappa shape index (κ3) is 2.22. The predicted molar refractivity (Wildman–Crippen MR) is 50.3 cm³/mol. The summed E-state index contributed by atoms with van der Waals surface area (Å²) in [5.41, 5.74) is 0.512. The molecule has 0 aliphatic heterocycles. The molecule has 1 heterocycles. The fourth-order valence-electron chi connectivity index (χ4n) is 1.07. The Hall–Kier alpha value is -0.550. The molecule has 4 nitrogen and oxygen atoms in total. The van der Waals surface area contributed by atoms with E-state index in [0.717, 1.165) is 0 Å². The van der Waals surface area contributed by atoms with Crippen LogP contribution < -0.4 is 0 Å². The Balaban J connectivity index is 3.37. The van der Waals surface area contributed by atoms with Gasteiger partial charge in [0.2, 0.25) is 0 Å². The lowest BCUT2D eigenvalue weighted by Gasteiger charge is -2.00. The minimum absolute atomic E-state index is 0.0460. The van der Waals surface area contributed by atoms with E-state index in [4.69, 9.17) is 10.7 Å². The molecular weight excluding hydrogens is 212 g/mol. The van der Waals surface area contributed by atoms with Gasteiger partial charge in [0.1, 0.15) is 4.90 Å². The van der Waals surface area contributed by atoms with Crippen molar-refractivity contribution in [2.24, 2.45) is 7.05 Å². The van der Waals surface area contributed by atoms with Crippen molar-refractivity contribution in [2.45, 2.75) is 24.7 Å². The first kappa shape index (κ1) is 10.5. The van der Waals surface area contributed by atoms with Crippen molar-refractivity contribution in [1.29, 1.82) is 0 Å². The van der Waals surface area contributed by atoms with E-state index in [1.807, 2.05) is 13.8 Å². The number of nitrogens with zero attached hydrogens (tertiary/aromatic N) is 2. The van der Waals surface area contributed by atoms with E-state index in [9.17, 15) is 8.42 Å². The third-order valence-electron chi connectivity index (χ3n) is 1.63. The molecule has 0 aliphatic carbocycles. The van der Waals surface area contributed by atoms with Gasteiger partial charge in [-0.15, -0.1) is 0 Å². The highest BCUT2D eigenvalue weighted by atomic mass is 35.7. The van der Waals surface area contributed by atoms with Crippen molar-refractivity contribution in [3.8, 4) is 0 Å². The first-order chi connectivity index (χ1) is 5.82. The van der Waals surface area contributed by atoms with Gasteiger partial charge in [-0.25, -0.2) is 8.42 Å². The SMILES string of the molecule is CC(C)c1nn(C)cc1S(=O)(=O)Cl. The maximum absolute atomic E-state index is 11.1. The van der Waals surface area contributed by atoms with Crippen molar-refractivity contribution < 1.29 is 8.42 Å². The van der Waals surface area contributed by atoms with Crippen LogP contribution in [0.2, 0.25) is 0 Å². The van der Waals surface area contributed by atoms with Gasteiger partial charge in [-0.05, 0) is 5.92 Å². The van der Waals surface area contributed by atoms with Crippen LogP contribution in [0.4, 0.5) is 0 Å². The van der Waals surface area contributed by atoms with Crippen molar-refractivity contribution in [3.05, 3.63) is 11.9 Å². The molecule has 0 unspecified atom stereocenters. The van der Waals surface area contributed by atoms with Crippen LogP contribution in [-0.4, -0.2) is 18.2 Å². The summed E-state index contributed by atoms with van der Waals surface area (Å²) in [6.45, 7) is 3.74. The molecule has 0 spiro atoms. The quantitative estimate of drug-likeness (QED) is 0.713. The van der Waals surface area contributed by atoms with Gasteiger partial charge in [-0.1, -0.05) is 13.8 Å². The fraction of sp³-hybridized carbons (Fsp3) is 0.571. The highest BCUT2D eigenvalue weighted by Gasteiger charge is 2.21. The van der Waals surface area contributed by atoms with Gasteiger partial charge in [0.05, 0.1) is 5.69 Å². The van der Waals surface area contributed by atoms with E-state index in [2.05, 4.69) is 5.10 Å². The molecule has 0 fully saturated rings. The fourth-order valence-corrected chi connectivity index (χ4v) is 2.23. The summed E-state index contributed by atoms with van der Waals surface area (Å²) in [6, 6.07) is 0. The molecule has 74 valence electrons. The molecule has 0 atom stereocenters. The predicted octanol–water partition coefficient (Wildman–Crippen LogP) is 1.47. The normalized spacial score (nSPS) is 12.4. The Kier molecular flexibility index (Phi) is 2.68. The zero-order valence-corrected chi connectivity index (χ0v) is 9.22. The lowest BCUT2D eigenvalue weighted by molar-refractivity contribution is 0.607. The van der Waals surface area contributed by atoms with E-state index < -0.39 is 9.05 Å². The van der Waals surface area contributed by atoms with Gasteiger partial charge in [-0.3, -0.25) is 4.68 Å². The average Bonchev–Trinajstić information content (AvgIpc) is 2.29. The van der Waals surface area contributed by atoms with E-state index in [0.29, 0.717) is 5.69 Å². The molecule has 0 amide bonds. The van der Waals surface area contributed by atoms with Gasteiger partial charge < -0.3 is 0 Å². The Labute approximate surface area is 81.9 Å². The molecule has 0 N–H and O–H groups in total. The summed E-state index contributed by atoms with van der Waals surface area (Å²) in [7, 11) is 3.24. The van der Waals surface area contributed by atoms with Crippen LogP contribution in [-0.2, 0) is 16.1 Å². The average molecular weight is 223 g/mol. The lowest BCUT2D eigenvalue weighted by atomic mass is 10.1. The molecule has 0 saturated heterocycles. The first-order valence-electron chi connectivity index (χ1n) is 3.80. The van der Waals surface area contributed by atoms with E-state index in [-0.39, 0.29) is 10.8 Å². The highest BCUT2D eigenvalue weighted by molar-refractivity contribution is 8.13. The molecule has 0 radical (unpaired) electrons. The summed E-state index contributed by atoms with van der Waals surface area (Å²) in [6.07, 6.45) is 1.41. The second-order valence-corrected chi connectivity index (χ2v) is 5.68. The molecular formula is C7H11ClN2O2S. The molecule has 1 aromatic heterocycles. The number of aryl methyl sites for hydroxylation is 1. The van der Waals surface area contributed by atoms with Crippen LogP contribution in [0.1, 0.15) is 25.5 Å². The minimum Gasteiger partial charge on any atom is -0.274 e. The van der Waals surface area contributed by atoms with Gasteiger partial charge in [0.15, 0.2) is 0 Å². The topological polar surface area (TPSA) is 52.0 Å². The Bertz CT molecular complexity index is 408. The van der Waals surface area contributed by atoms with E-state index in [1.54, 1.807) is 7.05 Å².